The van der Waals surface area contributed by atoms with E-state index in [0.717, 1.165) is 29.5 Å². The molecule has 1 heterocycles. The summed E-state index contributed by atoms with van der Waals surface area (Å²) >= 11 is 0. The highest BCUT2D eigenvalue weighted by Crippen LogP contribution is 2.48. The van der Waals surface area contributed by atoms with Crippen LogP contribution < -0.4 is 14.8 Å². The van der Waals surface area contributed by atoms with Gasteiger partial charge in [0, 0.05) is 17.2 Å². The number of aromatic amines is 1. The molecule has 1 aliphatic carbocycles. The number of anilines is 1. The van der Waals surface area contributed by atoms with Gasteiger partial charge in [-0.05, 0) is 70.5 Å². The normalized spacial score (nSPS) is 16.5. The first-order valence-corrected chi connectivity index (χ1v) is 11.6. The number of methoxy groups -OCH3 is 2. The summed E-state index contributed by atoms with van der Waals surface area (Å²) in [5.41, 5.74) is 5.73. The summed E-state index contributed by atoms with van der Waals surface area (Å²) < 4.78 is 10.8. The highest BCUT2D eigenvalue weighted by molar-refractivity contribution is 5.96. The minimum Gasteiger partial charge on any atom is -0.493 e. The van der Waals surface area contributed by atoms with Crippen LogP contribution >= 0.6 is 0 Å². The molecule has 8 heteroatoms. The highest BCUT2D eigenvalue weighted by Gasteiger charge is 2.43. The number of tetrazole rings is 1. The van der Waals surface area contributed by atoms with Gasteiger partial charge in [0.05, 0.1) is 14.2 Å². The highest BCUT2D eigenvalue weighted by atomic mass is 16.5. The van der Waals surface area contributed by atoms with Crippen molar-refractivity contribution in [2.45, 2.75) is 25.7 Å². The first-order chi connectivity index (χ1) is 17.1. The number of nitrogens with zero attached hydrogens (tertiary/aromatic N) is 3. The maximum absolute atomic E-state index is 13.0. The van der Waals surface area contributed by atoms with Gasteiger partial charge in [-0.2, -0.15) is 5.21 Å². The van der Waals surface area contributed by atoms with E-state index in [1.165, 1.54) is 11.1 Å². The van der Waals surface area contributed by atoms with Crippen LogP contribution in [0, 0.1) is 5.92 Å². The van der Waals surface area contributed by atoms with Crippen LogP contribution in [-0.4, -0.2) is 40.8 Å². The second-order valence-electron chi connectivity index (χ2n) is 8.60. The monoisotopic (exact) mass is 469 g/mol. The summed E-state index contributed by atoms with van der Waals surface area (Å²) in [6.45, 7) is 2.14. The molecule has 1 aliphatic rings. The number of ether oxygens (including phenoxy) is 2. The summed E-state index contributed by atoms with van der Waals surface area (Å²) in [6.07, 6.45) is 1.87. The smallest absolute Gasteiger partial charge is 0.228 e. The van der Waals surface area contributed by atoms with Crippen molar-refractivity contribution in [3.05, 3.63) is 71.8 Å². The van der Waals surface area contributed by atoms with Crippen LogP contribution in [0.15, 0.2) is 60.7 Å². The molecule has 1 fully saturated rings. The predicted octanol–water partition coefficient (Wildman–Crippen LogP) is 4.86. The van der Waals surface area contributed by atoms with E-state index >= 15 is 0 Å². The Labute approximate surface area is 203 Å². The Morgan fingerprint density at radius 2 is 1.80 bits per heavy atom. The lowest BCUT2D eigenvalue weighted by atomic mass is 9.98. The van der Waals surface area contributed by atoms with Crippen LogP contribution in [0.25, 0.3) is 22.5 Å². The number of hydrogen-bond donors (Lipinski definition) is 2. The zero-order valence-electron chi connectivity index (χ0n) is 19.9. The molecule has 0 radical (unpaired) electrons. The molecule has 8 nitrogen and oxygen atoms in total. The Morgan fingerprint density at radius 3 is 2.49 bits per heavy atom. The number of nitrogens with one attached hydrogen (secondary N) is 2. The van der Waals surface area contributed by atoms with Crippen LogP contribution in [0.2, 0.25) is 0 Å². The minimum absolute atomic E-state index is 0.0208. The molecule has 3 aromatic carbocycles. The third kappa shape index (κ3) is 4.59. The molecule has 178 valence electrons. The largest absolute Gasteiger partial charge is 0.493 e. The molecule has 1 amide bonds. The zero-order valence-corrected chi connectivity index (χ0v) is 19.9. The summed E-state index contributed by atoms with van der Waals surface area (Å²) in [4.78, 5) is 13.0. The Bertz CT molecular complexity index is 1340. The number of carbonyl (C=O) groups excluding carboxylic acids is 1. The molecule has 0 spiro atoms. The van der Waals surface area contributed by atoms with Gasteiger partial charge in [0.25, 0.3) is 0 Å². The van der Waals surface area contributed by atoms with Crippen LogP contribution in [0.1, 0.15) is 30.4 Å². The Kier molecular flexibility index (Phi) is 6.18. The molecule has 4 aromatic rings. The number of carbonyl (C=O) groups is 1. The Balaban J connectivity index is 1.39. The summed E-state index contributed by atoms with van der Waals surface area (Å²) in [7, 11) is 3.20. The van der Waals surface area contributed by atoms with E-state index in [2.05, 4.69) is 57.1 Å². The molecule has 1 aromatic heterocycles. The van der Waals surface area contributed by atoms with Crippen molar-refractivity contribution in [2.24, 2.45) is 5.92 Å². The van der Waals surface area contributed by atoms with E-state index in [1.54, 1.807) is 14.2 Å². The third-order valence-corrected chi connectivity index (χ3v) is 6.51. The predicted molar refractivity (Wildman–Crippen MR) is 133 cm³/mol. The SMILES string of the molecule is CCc1ccc([C@@H]2C[C@H]2C(=O)Nc2ccc(-c3ccc(OC)c(OC)c3)c(-c3nn[nH]n3)c2)cc1. The van der Waals surface area contributed by atoms with Gasteiger partial charge in [-0.3, -0.25) is 4.79 Å². The molecule has 0 aliphatic heterocycles. The summed E-state index contributed by atoms with van der Waals surface area (Å²) in [6, 6.07) is 20.0. The number of H-pyrrole nitrogens is 1. The van der Waals surface area contributed by atoms with Crippen LogP contribution in [0.5, 0.6) is 11.5 Å². The van der Waals surface area contributed by atoms with Crippen LogP contribution in [0.3, 0.4) is 0 Å². The topological polar surface area (TPSA) is 102 Å². The van der Waals surface area contributed by atoms with E-state index in [-0.39, 0.29) is 17.7 Å². The Hall–Kier alpha value is -4.20. The standard InChI is InChI=1S/C27H27N5O3/c1-4-16-5-7-17(8-6-16)21-15-23(21)27(33)28-19-10-11-20(22(14-19)26-29-31-32-30-26)18-9-12-24(34-2)25(13-18)35-3/h5-14,21,23H,4,15H2,1-3H3,(H,28,33)(H,29,30,31,32)/t21-,23+/m0/s1. The van der Waals surface area contributed by atoms with Crippen molar-refractivity contribution >= 4 is 11.6 Å². The fourth-order valence-electron chi connectivity index (χ4n) is 4.43. The number of rotatable bonds is 8. The van der Waals surface area contributed by atoms with Crippen molar-refractivity contribution in [3.8, 4) is 34.0 Å². The van der Waals surface area contributed by atoms with Crippen molar-refractivity contribution in [3.63, 3.8) is 0 Å². The average molecular weight is 470 g/mol. The molecule has 0 saturated heterocycles. The molecule has 35 heavy (non-hydrogen) atoms. The molecule has 2 N–H and O–H groups in total. The van der Waals surface area contributed by atoms with Gasteiger partial charge in [-0.1, -0.05) is 43.3 Å². The van der Waals surface area contributed by atoms with Gasteiger partial charge in [-0.25, -0.2) is 0 Å². The van der Waals surface area contributed by atoms with Gasteiger partial charge in [0.15, 0.2) is 11.5 Å². The van der Waals surface area contributed by atoms with Gasteiger partial charge in [-0.15, -0.1) is 10.2 Å². The van der Waals surface area contributed by atoms with Gasteiger partial charge >= 0.3 is 0 Å². The second kappa shape index (κ2) is 9.58. The number of aromatic nitrogens is 4. The fraction of sp³-hybridized carbons (Fsp3) is 0.259. The summed E-state index contributed by atoms with van der Waals surface area (Å²) in [5, 5.41) is 17.6. The van der Waals surface area contributed by atoms with Gasteiger partial charge in [0.1, 0.15) is 0 Å². The maximum Gasteiger partial charge on any atom is 0.228 e. The van der Waals surface area contributed by atoms with E-state index in [1.807, 2.05) is 36.4 Å². The molecule has 1 saturated carbocycles. The average Bonchev–Trinajstić information content (AvgIpc) is 3.52. The maximum atomic E-state index is 13.0. The molecular weight excluding hydrogens is 442 g/mol. The van der Waals surface area contributed by atoms with E-state index < -0.39 is 0 Å². The van der Waals surface area contributed by atoms with E-state index in [9.17, 15) is 4.79 Å². The van der Waals surface area contributed by atoms with Crippen LogP contribution in [-0.2, 0) is 11.2 Å². The second-order valence-corrected chi connectivity index (χ2v) is 8.60. The number of amides is 1. The van der Waals surface area contributed by atoms with Crippen molar-refractivity contribution in [2.75, 3.05) is 19.5 Å². The zero-order chi connectivity index (χ0) is 24.4. The van der Waals surface area contributed by atoms with E-state index in [4.69, 9.17) is 9.47 Å². The minimum atomic E-state index is -0.0263. The molecular formula is C27H27N5O3. The molecule has 2 atom stereocenters. The summed E-state index contributed by atoms with van der Waals surface area (Å²) in [5.74, 6) is 1.96. The first-order valence-electron chi connectivity index (χ1n) is 11.6. The van der Waals surface area contributed by atoms with Crippen LogP contribution in [0.4, 0.5) is 5.69 Å². The molecule has 0 unspecified atom stereocenters. The van der Waals surface area contributed by atoms with Crippen molar-refractivity contribution in [1.29, 1.82) is 0 Å². The molecule has 5 rings (SSSR count). The lowest BCUT2D eigenvalue weighted by Gasteiger charge is -2.13. The number of aryl methyl sites for hydroxylation is 1. The Morgan fingerprint density at radius 1 is 1.00 bits per heavy atom. The third-order valence-electron chi connectivity index (χ3n) is 6.51. The number of benzene rings is 3. The molecule has 0 bridgehead atoms. The lowest BCUT2D eigenvalue weighted by molar-refractivity contribution is -0.117. The van der Waals surface area contributed by atoms with Crippen molar-refractivity contribution < 1.29 is 14.3 Å². The first kappa shape index (κ1) is 22.6. The fourth-order valence-corrected chi connectivity index (χ4v) is 4.43. The van der Waals surface area contributed by atoms with Gasteiger partial charge in [0.2, 0.25) is 11.7 Å². The lowest BCUT2D eigenvalue weighted by Crippen LogP contribution is -2.14. The number of hydrogen-bond acceptors (Lipinski definition) is 6. The van der Waals surface area contributed by atoms with Gasteiger partial charge < -0.3 is 14.8 Å². The van der Waals surface area contributed by atoms with E-state index in [0.29, 0.717) is 23.0 Å². The quantitative estimate of drug-likeness (QED) is 0.382. The van der Waals surface area contributed by atoms with Crippen molar-refractivity contribution in [1.82, 2.24) is 20.6 Å².